The second-order valence-corrected chi connectivity index (χ2v) is 6.16. The number of rotatable bonds is 5. The number of benzene rings is 1. The molecule has 1 aromatic heterocycles. The Bertz CT molecular complexity index is 617. The predicted octanol–water partition coefficient (Wildman–Crippen LogP) is 3.85. The van der Waals surface area contributed by atoms with Crippen molar-refractivity contribution in [3.8, 4) is 0 Å². The molecule has 0 amide bonds. The van der Waals surface area contributed by atoms with Crippen molar-refractivity contribution in [3.63, 3.8) is 0 Å². The van der Waals surface area contributed by atoms with Crippen LogP contribution in [0, 0.1) is 0 Å². The monoisotopic (exact) mass is 351 g/mol. The van der Waals surface area contributed by atoms with Gasteiger partial charge in [0.05, 0.1) is 13.7 Å². The van der Waals surface area contributed by atoms with Crippen LogP contribution in [0.25, 0.3) is 0 Å². The fourth-order valence-electron chi connectivity index (χ4n) is 1.96. The highest BCUT2D eigenvalue weighted by Crippen LogP contribution is 2.23. The molecule has 0 fully saturated rings. The Balaban J connectivity index is 2.02. The Hall–Kier alpha value is -1.59. The van der Waals surface area contributed by atoms with E-state index in [2.05, 4.69) is 52.0 Å². The fourth-order valence-corrected chi connectivity index (χ4v) is 2.22. The summed E-state index contributed by atoms with van der Waals surface area (Å²) in [6.07, 6.45) is 0. The second kappa shape index (κ2) is 6.45. The van der Waals surface area contributed by atoms with Crippen molar-refractivity contribution >= 4 is 21.9 Å². The topological polar surface area (TPSA) is 51.5 Å². The molecule has 5 heteroatoms. The first-order chi connectivity index (χ1) is 9.92. The van der Waals surface area contributed by atoms with E-state index in [4.69, 9.17) is 4.42 Å². The van der Waals surface area contributed by atoms with E-state index in [1.165, 1.54) is 12.7 Å². The molecule has 2 aromatic rings. The van der Waals surface area contributed by atoms with Gasteiger partial charge in [0.2, 0.25) is 5.76 Å². The van der Waals surface area contributed by atoms with Gasteiger partial charge in [0.1, 0.15) is 5.76 Å². The Morgan fingerprint density at radius 1 is 1.24 bits per heavy atom. The standard InChI is InChI=1S/C16H18BrNO3/c1-16(2,11-4-6-12(17)7-5-11)18-10-13-8-9-14(21-13)15(19)20-3/h4-9,18H,10H2,1-3H3. The van der Waals surface area contributed by atoms with Gasteiger partial charge in [-0.25, -0.2) is 4.79 Å². The fraction of sp³-hybridized carbons (Fsp3) is 0.312. The van der Waals surface area contributed by atoms with Crippen molar-refractivity contribution < 1.29 is 13.9 Å². The summed E-state index contributed by atoms with van der Waals surface area (Å²) in [5.74, 6) is 0.449. The quantitative estimate of drug-likeness (QED) is 0.831. The number of esters is 1. The Labute approximate surface area is 132 Å². The molecule has 1 heterocycles. The summed E-state index contributed by atoms with van der Waals surface area (Å²) < 4.78 is 11.1. The van der Waals surface area contributed by atoms with Crippen LogP contribution >= 0.6 is 15.9 Å². The maximum absolute atomic E-state index is 11.3. The van der Waals surface area contributed by atoms with Crippen LogP contribution in [0.15, 0.2) is 45.3 Å². The van der Waals surface area contributed by atoms with E-state index < -0.39 is 5.97 Å². The predicted molar refractivity (Wildman–Crippen MR) is 84.1 cm³/mol. The Morgan fingerprint density at radius 2 is 1.90 bits per heavy atom. The zero-order chi connectivity index (χ0) is 15.5. The number of methoxy groups -OCH3 is 1. The molecule has 0 radical (unpaired) electrons. The number of halogens is 1. The van der Waals surface area contributed by atoms with Gasteiger partial charge < -0.3 is 14.5 Å². The van der Waals surface area contributed by atoms with Crippen molar-refractivity contribution in [1.82, 2.24) is 5.32 Å². The van der Waals surface area contributed by atoms with Crippen LogP contribution in [0.5, 0.6) is 0 Å². The average molecular weight is 352 g/mol. The first-order valence-electron chi connectivity index (χ1n) is 6.60. The zero-order valence-electron chi connectivity index (χ0n) is 12.3. The molecule has 21 heavy (non-hydrogen) atoms. The Morgan fingerprint density at radius 3 is 2.52 bits per heavy atom. The molecular weight excluding hydrogens is 334 g/mol. The summed E-state index contributed by atoms with van der Waals surface area (Å²) in [5, 5.41) is 3.42. The second-order valence-electron chi connectivity index (χ2n) is 5.24. The third kappa shape index (κ3) is 3.95. The van der Waals surface area contributed by atoms with Gasteiger partial charge in [0, 0.05) is 10.0 Å². The molecule has 0 atom stereocenters. The van der Waals surface area contributed by atoms with Crippen molar-refractivity contribution in [1.29, 1.82) is 0 Å². The van der Waals surface area contributed by atoms with Gasteiger partial charge in [-0.15, -0.1) is 0 Å². The summed E-state index contributed by atoms with van der Waals surface area (Å²) in [4.78, 5) is 11.3. The molecule has 0 unspecified atom stereocenters. The minimum absolute atomic E-state index is 0.209. The van der Waals surface area contributed by atoms with Crippen LogP contribution in [-0.4, -0.2) is 13.1 Å². The van der Waals surface area contributed by atoms with Gasteiger partial charge in [0.25, 0.3) is 0 Å². The molecule has 0 saturated heterocycles. The normalized spacial score (nSPS) is 11.4. The summed E-state index contributed by atoms with van der Waals surface area (Å²) in [7, 11) is 1.33. The van der Waals surface area contributed by atoms with Gasteiger partial charge in [-0.2, -0.15) is 0 Å². The van der Waals surface area contributed by atoms with Crippen LogP contribution < -0.4 is 5.32 Å². The number of nitrogens with one attached hydrogen (secondary N) is 1. The number of furan rings is 1. The highest BCUT2D eigenvalue weighted by atomic mass is 79.9. The molecule has 0 aliphatic carbocycles. The van der Waals surface area contributed by atoms with Gasteiger partial charge in [-0.1, -0.05) is 28.1 Å². The van der Waals surface area contributed by atoms with E-state index in [0.29, 0.717) is 12.3 Å². The smallest absolute Gasteiger partial charge is 0.373 e. The molecule has 1 aromatic carbocycles. The number of hydrogen-bond acceptors (Lipinski definition) is 4. The molecule has 0 bridgehead atoms. The number of carbonyl (C=O) groups excluding carboxylic acids is 1. The average Bonchev–Trinajstić information content (AvgIpc) is 2.94. The maximum atomic E-state index is 11.3. The zero-order valence-corrected chi connectivity index (χ0v) is 13.9. The summed E-state index contributed by atoms with van der Waals surface area (Å²) in [6, 6.07) is 11.6. The SMILES string of the molecule is COC(=O)c1ccc(CNC(C)(C)c2ccc(Br)cc2)o1. The number of ether oxygens (including phenoxy) is 1. The van der Waals surface area contributed by atoms with Crippen LogP contribution in [0.4, 0.5) is 0 Å². The van der Waals surface area contributed by atoms with Gasteiger partial charge in [-0.05, 0) is 43.7 Å². The lowest BCUT2D eigenvalue weighted by Crippen LogP contribution is -2.35. The molecule has 0 saturated carbocycles. The van der Waals surface area contributed by atoms with Gasteiger partial charge in [-0.3, -0.25) is 0 Å². The van der Waals surface area contributed by atoms with Crippen molar-refractivity contribution in [2.45, 2.75) is 25.9 Å². The van der Waals surface area contributed by atoms with Crippen LogP contribution in [0.3, 0.4) is 0 Å². The lowest BCUT2D eigenvalue weighted by atomic mass is 9.94. The summed E-state index contributed by atoms with van der Waals surface area (Å²) >= 11 is 3.43. The Kier molecular flexibility index (Phi) is 4.85. The first-order valence-corrected chi connectivity index (χ1v) is 7.40. The summed E-state index contributed by atoms with van der Waals surface area (Å²) in [6.45, 7) is 4.72. The third-order valence-corrected chi connectivity index (χ3v) is 3.85. The molecule has 4 nitrogen and oxygen atoms in total. The number of carbonyl (C=O) groups is 1. The van der Waals surface area contributed by atoms with Crippen LogP contribution in [-0.2, 0) is 16.8 Å². The van der Waals surface area contributed by atoms with Crippen molar-refractivity contribution in [2.24, 2.45) is 0 Å². The first kappa shape index (κ1) is 15.8. The highest BCUT2D eigenvalue weighted by molar-refractivity contribution is 9.10. The summed E-state index contributed by atoms with van der Waals surface area (Å²) in [5.41, 5.74) is 0.962. The van der Waals surface area contributed by atoms with E-state index >= 15 is 0 Å². The lowest BCUT2D eigenvalue weighted by molar-refractivity contribution is 0.0562. The molecule has 2 rings (SSSR count). The maximum Gasteiger partial charge on any atom is 0.373 e. The minimum atomic E-state index is -0.464. The van der Waals surface area contributed by atoms with Crippen molar-refractivity contribution in [2.75, 3.05) is 7.11 Å². The van der Waals surface area contributed by atoms with Crippen LogP contribution in [0.1, 0.15) is 35.7 Å². The molecule has 0 spiro atoms. The molecule has 0 aliphatic heterocycles. The van der Waals surface area contributed by atoms with E-state index in [1.54, 1.807) is 12.1 Å². The molecular formula is C16H18BrNO3. The molecule has 0 aliphatic rings. The number of hydrogen-bond donors (Lipinski definition) is 1. The van der Waals surface area contributed by atoms with E-state index in [-0.39, 0.29) is 11.3 Å². The molecule has 112 valence electrons. The van der Waals surface area contributed by atoms with Gasteiger partial charge in [0.15, 0.2) is 0 Å². The van der Waals surface area contributed by atoms with E-state index in [0.717, 1.165) is 4.47 Å². The minimum Gasteiger partial charge on any atom is -0.463 e. The molecule has 1 N–H and O–H groups in total. The lowest BCUT2D eigenvalue weighted by Gasteiger charge is -2.26. The largest absolute Gasteiger partial charge is 0.463 e. The van der Waals surface area contributed by atoms with Crippen LogP contribution in [0.2, 0.25) is 0 Å². The van der Waals surface area contributed by atoms with Gasteiger partial charge >= 0.3 is 5.97 Å². The van der Waals surface area contributed by atoms with Crippen molar-refractivity contribution in [3.05, 3.63) is 58.0 Å². The van der Waals surface area contributed by atoms with E-state index in [9.17, 15) is 4.79 Å². The van der Waals surface area contributed by atoms with E-state index in [1.807, 2.05) is 12.1 Å². The third-order valence-electron chi connectivity index (χ3n) is 3.32. The highest BCUT2D eigenvalue weighted by Gasteiger charge is 2.20.